The van der Waals surface area contributed by atoms with Crippen LogP contribution in [0.15, 0.2) is 4.90 Å². The van der Waals surface area contributed by atoms with Crippen molar-refractivity contribution in [1.82, 2.24) is 19.0 Å². The molecule has 21 heavy (non-hydrogen) atoms. The maximum atomic E-state index is 12.9. The average molecular weight is 335 g/mol. The van der Waals surface area contributed by atoms with E-state index in [0.717, 1.165) is 19.5 Å². The molecule has 0 aliphatic carbocycles. The summed E-state index contributed by atoms with van der Waals surface area (Å²) in [7, 11) is -1.47. The molecule has 1 saturated heterocycles. The first-order valence-corrected chi connectivity index (χ1v) is 9.14. The summed E-state index contributed by atoms with van der Waals surface area (Å²) in [4.78, 5) is 2.50. The molecular weight excluding hydrogens is 312 g/mol. The number of hydrogen-bond donors (Lipinski definition) is 0. The van der Waals surface area contributed by atoms with E-state index in [-0.39, 0.29) is 0 Å². The average Bonchev–Trinajstić information content (AvgIpc) is 2.59. The molecule has 1 aromatic rings. The Morgan fingerprint density at radius 3 is 2.57 bits per heavy atom. The second-order valence-corrected chi connectivity index (χ2v) is 7.73. The highest BCUT2D eigenvalue weighted by Crippen LogP contribution is 2.24. The molecule has 0 bridgehead atoms. The fourth-order valence-corrected chi connectivity index (χ4v) is 4.75. The highest BCUT2D eigenvalue weighted by molar-refractivity contribution is 7.89. The van der Waals surface area contributed by atoms with Gasteiger partial charge in [-0.05, 0) is 33.9 Å². The molecule has 1 aromatic heterocycles. The molecule has 0 spiro atoms. The molecule has 2 heterocycles. The lowest BCUT2D eigenvalue weighted by molar-refractivity contribution is 0.347. The van der Waals surface area contributed by atoms with Crippen molar-refractivity contribution in [3.05, 3.63) is 11.4 Å². The minimum absolute atomic E-state index is 0.345. The minimum atomic E-state index is -3.49. The Balaban J connectivity index is 2.35. The molecule has 0 amide bonds. The van der Waals surface area contributed by atoms with Crippen LogP contribution in [0.1, 0.15) is 17.8 Å². The van der Waals surface area contributed by atoms with E-state index < -0.39 is 10.0 Å². The van der Waals surface area contributed by atoms with Gasteiger partial charge in [-0.25, -0.2) is 8.42 Å². The fraction of sp³-hybridized carbons (Fsp3) is 0.769. The van der Waals surface area contributed by atoms with Crippen LogP contribution in [0.5, 0.6) is 0 Å². The van der Waals surface area contributed by atoms with Crippen molar-refractivity contribution in [3.63, 3.8) is 0 Å². The SMILES string of the molecule is Cc1nn(CCCl)c(C)c1S(=O)(=O)N1CCCN(C)CC1. The van der Waals surface area contributed by atoms with E-state index >= 15 is 0 Å². The van der Waals surface area contributed by atoms with Crippen LogP contribution in [-0.2, 0) is 16.6 Å². The molecule has 120 valence electrons. The number of rotatable bonds is 4. The number of hydrogen-bond acceptors (Lipinski definition) is 4. The van der Waals surface area contributed by atoms with Crippen molar-refractivity contribution < 1.29 is 8.42 Å². The molecule has 0 atom stereocenters. The molecule has 0 radical (unpaired) electrons. The van der Waals surface area contributed by atoms with Crippen LogP contribution in [0, 0.1) is 13.8 Å². The summed E-state index contributed by atoms with van der Waals surface area (Å²) in [6.07, 6.45) is 0.851. The topological polar surface area (TPSA) is 58.4 Å². The maximum Gasteiger partial charge on any atom is 0.246 e. The molecule has 0 unspecified atom stereocenters. The molecular formula is C13H23ClN4O2S. The summed E-state index contributed by atoms with van der Waals surface area (Å²) in [6, 6.07) is 0. The van der Waals surface area contributed by atoms with Gasteiger partial charge in [0.1, 0.15) is 4.90 Å². The number of nitrogens with zero attached hydrogens (tertiary/aromatic N) is 4. The Bertz CT molecular complexity index is 600. The van der Waals surface area contributed by atoms with Crippen LogP contribution in [0.2, 0.25) is 0 Å². The van der Waals surface area contributed by atoms with Crippen LogP contribution >= 0.6 is 11.6 Å². The number of alkyl halides is 1. The molecule has 6 nitrogen and oxygen atoms in total. The van der Waals surface area contributed by atoms with Gasteiger partial charge in [0.25, 0.3) is 0 Å². The first kappa shape index (κ1) is 16.7. The number of sulfonamides is 1. The van der Waals surface area contributed by atoms with Gasteiger partial charge < -0.3 is 4.90 Å². The second-order valence-electron chi connectivity index (χ2n) is 5.47. The molecule has 0 saturated carbocycles. The zero-order valence-corrected chi connectivity index (χ0v) is 14.4. The third-order valence-corrected chi connectivity index (χ3v) is 6.21. The van der Waals surface area contributed by atoms with Gasteiger partial charge in [-0.2, -0.15) is 9.40 Å². The van der Waals surface area contributed by atoms with Gasteiger partial charge in [0.05, 0.1) is 17.9 Å². The summed E-state index contributed by atoms with van der Waals surface area (Å²) >= 11 is 5.74. The number of aryl methyl sites for hydroxylation is 2. The molecule has 8 heteroatoms. The summed E-state index contributed by atoms with van der Waals surface area (Å²) in [5.41, 5.74) is 1.22. The number of likely N-dealkylation sites (N-methyl/N-ethyl adjacent to an activating group) is 1. The number of halogens is 1. The largest absolute Gasteiger partial charge is 0.305 e. The normalized spacial score (nSPS) is 18.9. The van der Waals surface area contributed by atoms with Gasteiger partial charge in [0.15, 0.2) is 0 Å². The Morgan fingerprint density at radius 1 is 1.19 bits per heavy atom. The van der Waals surface area contributed by atoms with E-state index in [1.54, 1.807) is 22.8 Å². The molecule has 1 fully saturated rings. The smallest absolute Gasteiger partial charge is 0.246 e. The van der Waals surface area contributed by atoms with Gasteiger partial charge in [-0.15, -0.1) is 11.6 Å². The monoisotopic (exact) mass is 334 g/mol. The highest BCUT2D eigenvalue weighted by Gasteiger charge is 2.31. The van der Waals surface area contributed by atoms with E-state index in [2.05, 4.69) is 10.00 Å². The third-order valence-electron chi connectivity index (χ3n) is 3.89. The molecule has 0 aromatic carbocycles. The molecule has 0 N–H and O–H groups in total. The van der Waals surface area contributed by atoms with Gasteiger partial charge in [0, 0.05) is 25.5 Å². The second kappa shape index (κ2) is 6.64. The summed E-state index contributed by atoms with van der Waals surface area (Å²) in [5.74, 6) is 0.413. The lowest BCUT2D eigenvalue weighted by Gasteiger charge is -2.20. The Morgan fingerprint density at radius 2 is 1.90 bits per heavy atom. The van der Waals surface area contributed by atoms with Gasteiger partial charge in [-0.1, -0.05) is 0 Å². The zero-order chi connectivity index (χ0) is 15.6. The van der Waals surface area contributed by atoms with Gasteiger partial charge in [0.2, 0.25) is 10.0 Å². The van der Waals surface area contributed by atoms with Gasteiger partial charge in [-0.3, -0.25) is 4.68 Å². The lowest BCUT2D eigenvalue weighted by atomic mass is 10.4. The van der Waals surface area contributed by atoms with E-state index in [4.69, 9.17) is 11.6 Å². The van der Waals surface area contributed by atoms with Crippen LogP contribution in [0.3, 0.4) is 0 Å². The summed E-state index contributed by atoms with van der Waals surface area (Å²) in [5, 5.41) is 4.32. The van der Waals surface area contributed by atoms with Crippen molar-refractivity contribution in [1.29, 1.82) is 0 Å². The Labute approximate surface area is 131 Å². The standard InChI is InChI=1S/C13H23ClN4O2S/c1-11-13(12(2)18(15-11)8-5-14)21(19,20)17-7-4-6-16(3)9-10-17/h4-10H2,1-3H3. The van der Waals surface area contributed by atoms with Crippen molar-refractivity contribution >= 4 is 21.6 Å². The van der Waals surface area contributed by atoms with E-state index in [1.165, 1.54) is 0 Å². The minimum Gasteiger partial charge on any atom is -0.305 e. The Kier molecular flexibility index (Phi) is 5.29. The first-order valence-electron chi connectivity index (χ1n) is 7.16. The van der Waals surface area contributed by atoms with Crippen molar-refractivity contribution in [3.8, 4) is 0 Å². The fourth-order valence-electron chi connectivity index (χ4n) is 2.74. The molecule has 1 aliphatic heterocycles. The van der Waals surface area contributed by atoms with Crippen molar-refractivity contribution in [2.75, 3.05) is 39.1 Å². The first-order chi connectivity index (χ1) is 9.87. The summed E-state index contributed by atoms with van der Waals surface area (Å²) < 4.78 is 29.1. The zero-order valence-electron chi connectivity index (χ0n) is 12.8. The van der Waals surface area contributed by atoms with Crippen molar-refractivity contribution in [2.24, 2.45) is 0 Å². The van der Waals surface area contributed by atoms with Crippen molar-refractivity contribution in [2.45, 2.75) is 31.7 Å². The number of aromatic nitrogens is 2. The van der Waals surface area contributed by atoms with Crippen LogP contribution in [0.4, 0.5) is 0 Å². The lowest BCUT2D eigenvalue weighted by Crippen LogP contribution is -2.35. The van der Waals surface area contributed by atoms with Crippen LogP contribution in [0.25, 0.3) is 0 Å². The highest BCUT2D eigenvalue weighted by atomic mass is 35.5. The molecule has 2 rings (SSSR count). The van der Waals surface area contributed by atoms with Crippen LogP contribution < -0.4 is 0 Å². The predicted molar refractivity (Wildman–Crippen MR) is 83.3 cm³/mol. The van der Waals surface area contributed by atoms with E-state index in [9.17, 15) is 8.42 Å². The Hall–Kier alpha value is -0.630. The maximum absolute atomic E-state index is 12.9. The van der Waals surface area contributed by atoms with Crippen LogP contribution in [-0.4, -0.2) is 66.5 Å². The van der Waals surface area contributed by atoms with Gasteiger partial charge >= 0.3 is 0 Å². The third kappa shape index (κ3) is 3.41. The molecule has 1 aliphatic rings. The van der Waals surface area contributed by atoms with E-state index in [1.807, 2.05) is 7.05 Å². The predicted octanol–water partition coefficient (Wildman–Crippen LogP) is 1.06. The summed E-state index contributed by atoms with van der Waals surface area (Å²) in [6.45, 7) is 6.83. The quantitative estimate of drug-likeness (QED) is 0.773. The van der Waals surface area contributed by atoms with E-state index in [0.29, 0.717) is 41.8 Å².